The molecule has 1 heterocycles. The Labute approximate surface area is 156 Å². The number of nitrogens with zero attached hydrogens (tertiary/aromatic N) is 1. The Morgan fingerprint density at radius 3 is 2.44 bits per heavy atom. The highest BCUT2D eigenvalue weighted by Crippen LogP contribution is 2.29. The first-order valence-electron chi connectivity index (χ1n) is 8.92. The third-order valence-electron chi connectivity index (χ3n) is 4.63. The number of urea groups is 1. The average Bonchev–Trinajstić information content (AvgIpc) is 3.10. The lowest BCUT2D eigenvalue weighted by atomic mass is 10.1. The summed E-state index contributed by atoms with van der Waals surface area (Å²) in [4.78, 5) is 14.3. The standard InChI is InChI=1S/C20H22F3N3O/c21-20(22,23)16-8-6-15(7-9-16)10-12-24-19(27)25-17-11-13-26(14-17)18-4-2-1-3-5-18/h1-9,17H,10-14H2,(H2,24,25,27). The fourth-order valence-electron chi connectivity index (χ4n) is 3.17. The van der Waals surface area contributed by atoms with Crippen LogP contribution in [-0.4, -0.2) is 31.7 Å². The summed E-state index contributed by atoms with van der Waals surface area (Å²) in [6, 6.07) is 14.9. The van der Waals surface area contributed by atoms with Gasteiger partial charge >= 0.3 is 12.2 Å². The fraction of sp³-hybridized carbons (Fsp3) is 0.350. The van der Waals surface area contributed by atoms with E-state index in [1.54, 1.807) is 0 Å². The van der Waals surface area contributed by atoms with Gasteiger partial charge in [-0.2, -0.15) is 13.2 Å². The second-order valence-corrected chi connectivity index (χ2v) is 6.61. The highest BCUT2D eigenvalue weighted by Gasteiger charge is 2.29. The van der Waals surface area contributed by atoms with Gasteiger partial charge < -0.3 is 15.5 Å². The molecule has 1 saturated heterocycles. The molecule has 0 aromatic heterocycles. The van der Waals surface area contributed by atoms with Gasteiger partial charge in [0.25, 0.3) is 0 Å². The smallest absolute Gasteiger partial charge is 0.369 e. The predicted molar refractivity (Wildman–Crippen MR) is 98.7 cm³/mol. The average molecular weight is 377 g/mol. The van der Waals surface area contributed by atoms with E-state index in [1.807, 2.05) is 30.3 Å². The van der Waals surface area contributed by atoms with Crippen LogP contribution in [0.25, 0.3) is 0 Å². The van der Waals surface area contributed by atoms with Crippen LogP contribution in [0.15, 0.2) is 54.6 Å². The number of alkyl halides is 3. The number of anilines is 1. The van der Waals surface area contributed by atoms with E-state index < -0.39 is 11.7 Å². The SMILES string of the molecule is O=C(NCCc1ccc(C(F)(F)F)cc1)NC1CCN(c2ccccc2)C1. The summed E-state index contributed by atoms with van der Waals surface area (Å²) in [5, 5.41) is 5.72. The third kappa shape index (κ3) is 5.39. The molecule has 2 aromatic carbocycles. The predicted octanol–water partition coefficient (Wildman–Crippen LogP) is 3.83. The number of rotatable bonds is 5. The highest BCUT2D eigenvalue weighted by atomic mass is 19.4. The lowest BCUT2D eigenvalue weighted by Crippen LogP contribution is -2.43. The van der Waals surface area contributed by atoms with Gasteiger partial charge in [0.1, 0.15) is 0 Å². The molecular weight excluding hydrogens is 355 g/mol. The topological polar surface area (TPSA) is 44.4 Å². The number of para-hydroxylation sites is 1. The molecule has 2 aromatic rings. The molecule has 2 N–H and O–H groups in total. The zero-order valence-corrected chi connectivity index (χ0v) is 14.8. The van der Waals surface area contributed by atoms with E-state index in [2.05, 4.69) is 15.5 Å². The van der Waals surface area contributed by atoms with E-state index in [1.165, 1.54) is 12.1 Å². The zero-order chi connectivity index (χ0) is 19.3. The van der Waals surface area contributed by atoms with Crippen molar-refractivity contribution in [2.24, 2.45) is 0 Å². The van der Waals surface area contributed by atoms with Crippen LogP contribution in [-0.2, 0) is 12.6 Å². The highest BCUT2D eigenvalue weighted by molar-refractivity contribution is 5.74. The molecule has 3 rings (SSSR count). The molecule has 0 spiro atoms. The molecule has 0 radical (unpaired) electrons. The van der Waals surface area contributed by atoms with Crippen molar-refractivity contribution >= 4 is 11.7 Å². The van der Waals surface area contributed by atoms with Crippen molar-refractivity contribution in [1.82, 2.24) is 10.6 Å². The third-order valence-corrected chi connectivity index (χ3v) is 4.63. The van der Waals surface area contributed by atoms with Crippen LogP contribution in [0.1, 0.15) is 17.5 Å². The zero-order valence-electron chi connectivity index (χ0n) is 14.8. The van der Waals surface area contributed by atoms with Crippen molar-refractivity contribution < 1.29 is 18.0 Å². The fourth-order valence-corrected chi connectivity index (χ4v) is 3.17. The normalized spacial score (nSPS) is 17.0. The number of benzene rings is 2. The van der Waals surface area contributed by atoms with Crippen molar-refractivity contribution in [1.29, 1.82) is 0 Å². The molecule has 144 valence electrons. The van der Waals surface area contributed by atoms with E-state index >= 15 is 0 Å². The number of amides is 2. The summed E-state index contributed by atoms with van der Waals surface area (Å²) in [6.07, 6.45) is -2.97. The largest absolute Gasteiger partial charge is 0.416 e. The summed E-state index contributed by atoms with van der Waals surface area (Å²) in [6.45, 7) is 2.02. The van der Waals surface area contributed by atoms with Crippen LogP contribution < -0.4 is 15.5 Å². The van der Waals surface area contributed by atoms with Gasteiger partial charge in [0.2, 0.25) is 0 Å². The molecule has 1 aliphatic rings. The summed E-state index contributed by atoms with van der Waals surface area (Å²) in [7, 11) is 0. The van der Waals surface area contributed by atoms with Crippen molar-refractivity contribution in [2.45, 2.75) is 25.1 Å². The van der Waals surface area contributed by atoms with Crippen LogP contribution in [0, 0.1) is 0 Å². The Balaban J connectivity index is 1.39. The van der Waals surface area contributed by atoms with Crippen LogP contribution >= 0.6 is 0 Å². The number of nitrogens with one attached hydrogen (secondary N) is 2. The Hall–Kier alpha value is -2.70. The second-order valence-electron chi connectivity index (χ2n) is 6.61. The van der Waals surface area contributed by atoms with Crippen LogP contribution in [0.5, 0.6) is 0 Å². The Kier molecular flexibility index (Phi) is 5.88. The van der Waals surface area contributed by atoms with E-state index in [0.29, 0.717) is 13.0 Å². The van der Waals surface area contributed by atoms with E-state index in [0.717, 1.165) is 42.9 Å². The molecule has 0 aliphatic carbocycles. The monoisotopic (exact) mass is 377 g/mol. The summed E-state index contributed by atoms with van der Waals surface area (Å²) < 4.78 is 37.6. The van der Waals surface area contributed by atoms with Gasteiger partial charge in [0.05, 0.1) is 5.56 Å². The quantitative estimate of drug-likeness (QED) is 0.832. The Morgan fingerprint density at radius 2 is 1.78 bits per heavy atom. The van der Waals surface area contributed by atoms with Crippen LogP contribution in [0.2, 0.25) is 0 Å². The van der Waals surface area contributed by atoms with Crippen molar-refractivity contribution in [3.8, 4) is 0 Å². The van der Waals surface area contributed by atoms with Crippen molar-refractivity contribution in [3.05, 3.63) is 65.7 Å². The molecule has 1 aliphatic heterocycles. The van der Waals surface area contributed by atoms with Crippen molar-refractivity contribution in [3.63, 3.8) is 0 Å². The van der Waals surface area contributed by atoms with E-state index in [9.17, 15) is 18.0 Å². The molecule has 1 unspecified atom stereocenters. The van der Waals surface area contributed by atoms with Gasteiger partial charge in [-0.15, -0.1) is 0 Å². The molecular formula is C20H22F3N3O. The van der Waals surface area contributed by atoms with E-state index in [4.69, 9.17) is 0 Å². The maximum Gasteiger partial charge on any atom is 0.416 e. The lowest BCUT2D eigenvalue weighted by Gasteiger charge is -2.19. The Morgan fingerprint density at radius 1 is 1.07 bits per heavy atom. The maximum atomic E-state index is 12.5. The minimum Gasteiger partial charge on any atom is -0.369 e. The number of hydrogen-bond acceptors (Lipinski definition) is 2. The molecule has 27 heavy (non-hydrogen) atoms. The van der Waals surface area contributed by atoms with Crippen LogP contribution in [0.3, 0.4) is 0 Å². The molecule has 0 bridgehead atoms. The Bertz CT molecular complexity index is 747. The molecule has 1 atom stereocenters. The summed E-state index contributed by atoms with van der Waals surface area (Å²) in [5.74, 6) is 0. The van der Waals surface area contributed by atoms with Gasteiger partial charge in [-0.3, -0.25) is 0 Å². The van der Waals surface area contributed by atoms with Gasteiger partial charge in [-0.05, 0) is 42.7 Å². The minimum atomic E-state index is -4.33. The first-order valence-corrected chi connectivity index (χ1v) is 8.92. The first-order chi connectivity index (χ1) is 12.9. The van der Waals surface area contributed by atoms with E-state index in [-0.39, 0.29) is 12.1 Å². The summed E-state index contributed by atoms with van der Waals surface area (Å²) >= 11 is 0. The number of hydrogen-bond donors (Lipinski definition) is 2. The molecule has 1 fully saturated rings. The minimum absolute atomic E-state index is 0.0799. The molecule has 7 heteroatoms. The number of carbonyl (C=O) groups is 1. The molecule has 4 nitrogen and oxygen atoms in total. The van der Waals surface area contributed by atoms with Gasteiger partial charge in [0.15, 0.2) is 0 Å². The summed E-state index contributed by atoms with van der Waals surface area (Å²) in [5.41, 5.74) is 1.23. The van der Waals surface area contributed by atoms with Crippen molar-refractivity contribution in [2.75, 3.05) is 24.5 Å². The first kappa shape index (κ1) is 19.1. The van der Waals surface area contributed by atoms with Gasteiger partial charge in [-0.1, -0.05) is 30.3 Å². The number of halogens is 3. The van der Waals surface area contributed by atoms with Gasteiger partial charge in [-0.25, -0.2) is 4.79 Å². The molecule has 0 saturated carbocycles. The van der Waals surface area contributed by atoms with Gasteiger partial charge in [0, 0.05) is 31.4 Å². The molecule has 2 amide bonds. The number of carbonyl (C=O) groups excluding carboxylic acids is 1. The van der Waals surface area contributed by atoms with Crippen LogP contribution in [0.4, 0.5) is 23.7 Å². The lowest BCUT2D eigenvalue weighted by molar-refractivity contribution is -0.137. The maximum absolute atomic E-state index is 12.5. The second kappa shape index (κ2) is 8.33.